The largest absolute Gasteiger partial charge is 0.456 e. The van der Waals surface area contributed by atoms with E-state index in [0.717, 1.165) is 23.6 Å². The lowest BCUT2D eigenvalue weighted by Crippen LogP contribution is -2.22. The van der Waals surface area contributed by atoms with Gasteiger partial charge in [0.25, 0.3) is 0 Å². The fourth-order valence-corrected chi connectivity index (χ4v) is 3.14. The van der Waals surface area contributed by atoms with Crippen LogP contribution in [0.3, 0.4) is 0 Å². The first kappa shape index (κ1) is 12.0. The van der Waals surface area contributed by atoms with Crippen molar-refractivity contribution in [1.29, 1.82) is 0 Å². The highest BCUT2D eigenvalue weighted by molar-refractivity contribution is 6.05. The maximum absolute atomic E-state index is 5.90. The van der Waals surface area contributed by atoms with Gasteiger partial charge in [0, 0.05) is 16.8 Å². The maximum atomic E-state index is 5.90. The average molecular weight is 265 g/mol. The summed E-state index contributed by atoms with van der Waals surface area (Å²) in [6, 6.07) is 15.4. The number of furan rings is 1. The summed E-state index contributed by atoms with van der Waals surface area (Å²) in [5.41, 5.74) is 3.36. The van der Waals surface area contributed by atoms with Gasteiger partial charge in [-0.15, -0.1) is 0 Å². The predicted octanol–water partition coefficient (Wildman–Crippen LogP) is 4.65. The summed E-state index contributed by atoms with van der Waals surface area (Å²) in [5.74, 6) is 0.811. The molecule has 1 aliphatic carbocycles. The van der Waals surface area contributed by atoms with Gasteiger partial charge in [-0.25, -0.2) is 0 Å². The monoisotopic (exact) mass is 265 g/mol. The molecule has 0 aliphatic heterocycles. The second-order valence-corrected chi connectivity index (χ2v) is 5.73. The van der Waals surface area contributed by atoms with Gasteiger partial charge in [0.15, 0.2) is 0 Å². The molecule has 0 bridgehead atoms. The molecule has 102 valence electrons. The highest BCUT2D eigenvalue weighted by atomic mass is 16.3. The first-order valence-corrected chi connectivity index (χ1v) is 7.51. The van der Waals surface area contributed by atoms with E-state index in [0.29, 0.717) is 6.04 Å². The Kier molecular flexibility index (Phi) is 2.78. The molecule has 1 fully saturated rings. The zero-order valence-corrected chi connectivity index (χ0v) is 11.7. The Bertz CT molecular complexity index is 754. The number of hydrogen-bond acceptors (Lipinski definition) is 2. The molecule has 1 heterocycles. The van der Waals surface area contributed by atoms with Crippen LogP contribution in [0, 0.1) is 5.92 Å². The number of benzene rings is 2. The van der Waals surface area contributed by atoms with Gasteiger partial charge in [-0.1, -0.05) is 31.2 Å². The van der Waals surface area contributed by atoms with E-state index in [9.17, 15) is 0 Å². The molecule has 0 spiro atoms. The molecule has 2 heteroatoms. The second-order valence-electron chi connectivity index (χ2n) is 5.73. The van der Waals surface area contributed by atoms with Crippen molar-refractivity contribution in [2.24, 2.45) is 5.92 Å². The molecule has 3 aromatic rings. The van der Waals surface area contributed by atoms with Crippen molar-refractivity contribution < 1.29 is 4.42 Å². The number of para-hydroxylation sites is 1. The van der Waals surface area contributed by atoms with Crippen LogP contribution in [0.15, 0.2) is 46.9 Å². The molecule has 20 heavy (non-hydrogen) atoms. The Morgan fingerprint density at radius 1 is 1.10 bits per heavy atom. The smallest absolute Gasteiger partial charge is 0.135 e. The number of rotatable bonds is 4. The molecule has 1 unspecified atom stereocenters. The maximum Gasteiger partial charge on any atom is 0.135 e. The molecule has 1 atom stereocenters. The van der Waals surface area contributed by atoms with E-state index < -0.39 is 0 Å². The van der Waals surface area contributed by atoms with Gasteiger partial charge in [0.2, 0.25) is 0 Å². The van der Waals surface area contributed by atoms with Crippen molar-refractivity contribution in [1.82, 2.24) is 5.32 Å². The van der Waals surface area contributed by atoms with Crippen LogP contribution in [0.4, 0.5) is 0 Å². The molecule has 2 nitrogen and oxygen atoms in total. The Labute approximate surface area is 118 Å². The van der Waals surface area contributed by atoms with E-state index in [1.165, 1.54) is 29.2 Å². The summed E-state index contributed by atoms with van der Waals surface area (Å²) in [6.07, 6.45) is 2.70. The highest BCUT2D eigenvalue weighted by Crippen LogP contribution is 2.42. The summed E-state index contributed by atoms with van der Waals surface area (Å²) in [4.78, 5) is 0. The van der Waals surface area contributed by atoms with Crippen LogP contribution in [0.25, 0.3) is 21.9 Å². The molecular formula is C18H19NO. The van der Waals surface area contributed by atoms with Crippen molar-refractivity contribution in [3.63, 3.8) is 0 Å². The zero-order chi connectivity index (χ0) is 13.5. The highest BCUT2D eigenvalue weighted by Gasteiger charge is 2.31. The average Bonchev–Trinajstić information content (AvgIpc) is 3.25. The van der Waals surface area contributed by atoms with Gasteiger partial charge in [-0.2, -0.15) is 0 Å². The third-order valence-electron chi connectivity index (χ3n) is 4.28. The minimum absolute atomic E-state index is 0.498. The molecule has 0 amide bonds. The quantitative estimate of drug-likeness (QED) is 0.743. The van der Waals surface area contributed by atoms with Crippen LogP contribution < -0.4 is 5.32 Å². The van der Waals surface area contributed by atoms with E-state index >= 15 is 0 Å². The van der Waals surface area contributed by atoms with Crippen LogP contribution in [-0.4, -0.2) is 6.54 Å². The SMILES string of the molecule is CCNC(c1ccc2oc3ccccc3c2c1)C1CC1. The minimum atomic E-state index is 0.498. The van der Waals surface area contributed by atoms with Crippen LogP contribution in [0.5, 0.6) is 0 Å². The van der Waals surface area contributed by atoms with Crippen molar-refractivity contribution >= 4 is 21.9 Å². The first-order valence-electron chi connectivity index (χ1n) is 7.51. The normalized spacial score (nSPS) is 16.9. The Hall–Kier alpha value is -1.80. The Balaban J connectivity index is 1.86. The Morgan fingerprint density at radius 2 is 1.90 bits per heavy atom. The summed E-state index contributed by atoms with van der Waals surface area (Å²) < 4.78 is 5.90. The molecule has 1 aliphatic rings. The van der Waals surface area contributed by atoms with E-state index in [4.69, 9.17) is 4.42 Å². The van der Waals surface area contributed by atoms with Crippen LogP contribution in [0.1, 0.15) is 31.4 Å². The molecule has 0 radical (unpaired) electrons. The molecule has 4 rings (SSSR count). The summed E-state index contributed by atoms with van der Waals surface area (Å²) in [6.45, 7) is 3.20. The second kappa shape index (κ2) is 4.64. The van der Waals surface area contributed by atoms with E-state index in [1.807, 2.05) is 12.1 Å². The van der Waals surface area contributed by atoms with Crippen LogP contribution >= 0.6 is 0 Å². The van der Waals surface area contributed by atoms with Crippen molar-refractivity contribution in [2.75, 3.05) is 6.54 Å². The molecule has 0 saturated heterocycles. The van der Waals surface area contributed by atoms with Gasteiger partial charge >= 0.3 is 0 Å². The van der Waals surface area contributed by atoms with Gasteiger partial charge in [-0.3, -0.25) is 0 Å². The molecule has 1 N–H and O–H groups in total. The first-order chi connectivity index (χ1) is 9.86. The van der Waals surface area contributed by atoms with Gasteiger partial charge in [0.05, 0.1) is 0 Å². The molecule has 1 saturated carbocycles. The third kappa shape index (κ3) is 1.92. The number of nitrogens with one attached hydrogen (secondary N) is 1. The van der Waals surface area contributed by atoms with Gasteiger partial charge in [-0.05, 0) is 49.1 Å². The van der Waals surface area contributed by atoms with Crippen molar-refractivity contribution in [3.8, 4) is 0 Å². The minimum Gasteiger partial charge on any atom is -0.456 e. The molecule has 2 aromatic carbocycles. The molecule has 1 aromatic heterocycles. The summed E-state index contributed by atoms with van der Waals surface area (Å²) >= 11 is 0. The van der Waals surface area contributed by atoms with Gasteiger partial charge in [0.1, 0.15) is 11.2 Å². The fraction of sp³-hybridized carbons (Fsp3) is 0.333. The van der Waals surface area contributed by atoms with Gasteiger partial charge < -0.3 is 9.73 Å². The predicted molar refractivity (Wildman–Crippen MR) is 82.9 cm³/mol. The Morgan fingerprint density at radius 3 is 2.70 bits per heavy atom. The molecular weight excluding hydrogens is 246 g/mol. The van der Waals surface area contributed by atoms with Crippen LogP contribution in [-0.2, 0) is 0 Å². The topological polar surface area (TPSA) is 25.2 Å². The van der Waals surface area contributed by atoms with Crippen molar-refractivity contribution in [2.45, 2.75) is 25.8 Å². The lowest BCUT2D eigenvalue weighted by atomic mass is 10.00. The lowest BCUT2D eigenvalue weighted by Gasteiger charge is -2.17. The van der Waals surface area contributed by atoms with E-state index in [-0.39, 0.29) is 0 Å². The third-order valence-corrected chi connectivity index (χ3v) is 4.28. The van der Waals surface area contributed by atoms with Crippen molar-refractivity contribution in [3.05, 3.63) is 48.0 Å². The fourth-order valence-electron chi connectivity index (χ4n) is 3.14. The summed E-state index contributed by atoms with van der Waals surface area (Å²) in [7, 11) is 0. The zero-order valence-electron chi connectivity index (χ0n) is 11.7. The van der Waals surface area contributed by atoms with E-state index in [2.05, 4.69) is 42.6 Å². The van der Waals surface area contributed by atoms with Crippen LogP contribution in [0.2, 0.25) is 0 Å². The lowest BCUT2D eigenvalue weighted by molar-refractivity contribution is 0.496. The van der Waals surface area contributed by atoms with E-state index in [1.54, 1.807) is 0 Å². The standard InChI is InChI=1S/C18H19NO/c1-2-19-18(12-7-8-12)13-9-10-17-15(11-13)14-5-3-4-6-16(14)20-17/h3-6,9-12,18-19H,2,7-8H2,1H3. The number of fused-ring (bicyclic) bond motifs is 3. The summed E-state index contributed by atoms with van der Waals surface area (Å²) in [5, 5.41) is 6.09. The number of hydrogen-bond donors (Lipinski definition) is 1.